The van der Waals surface area contributed by atoms with Crippen LogP contribution in [-0.4, -0.2) is 17.5 Å². The molecule has 1 N–H and O–H groups in total. The van der Waals surface area contributed by atoms with E-state index in [1.807, 2.05) is 38.1 Å². The number of nitrogens with one attached hydrogen (secondary N) is 1. The minimum Gasteiger partial charge on any atom is -0.493 e. The molecule has 21 heavy (non-hydrogen) atoms. The third kappa shape index (κ3) is 4.04. The zero-order valence-corrected chi connectivity index (χ0v) is 13.4. The van der Waals surface area contributed by atoms with Gasteiger partial charge in [0.15, 0.2) is 0 Å². The maximum absolute atomic E-state index is 12.2. The molecule has 4 nitrogen and oxygen atoms in total. The van der Waals surface area contributed by atoms with Crippen LogP contribution in [-0.2, 0) is 0 Å². The Hall–Kier alpha value is -1.88. The normalized spacial score (nSPS) is 12.0. The molecule has 2 aromatic rings. The van der Waals surface area contributed by atoms with Crippen molar-refractivity contribution in [3.8, 4) is 5.75 Å². The van der Waals surface area contributed by atoms with Crippen LogP contribution in [0.25, 0.3) is 0 Å². The van der Waals surface area contributed by atoms with Gasteiger partial charge in [-0.2, -0.15) is 0 Å². The molecule has 1 amide bonds. The van der Waals surface area contributed by atoms with E-state index >= 15 is 0 Å². The van der Waals surface area contributed by atoms with Gasteiger partial charge in [-0.1, -0.05) is 25.1 Å². The molecule has 0 aliphatic carbocycles. The molecule has 1 heterocycles. The monoisotopic (exact) mass is 304 g/mol. The van der Waals surface area contributed by atoms with E-state index in [-0.39, 0.29) is 11.9 Å². The van der Waals surface area contributed by atoms with E-state index in [2.05, 4.69) is 17.2 Å². The van der Waals surface area contributed by atoms with Gasteiger partial charge in [0, 0.05) is 10.9 Å². The van der Waals surface area contributed by atoms with Crippen molar-refractivity contribution >= 4 is 17.2 Å². The summed E-state index contributed by atoms with van der Waals surface area (Å²) in [5.41, 5.74) is 1.45. The predicted octanol–water partition coefficient (Wildman–Crippen LogP) is 3.73. The number of para-hydroxylation sites is 1. The zero-order chi connectivity index (χ0) is 15.2. The SMILES string of the molecule is CCCOc1ccccc1[C@@H](C)NC(=O)c1csc(C)n1. The highest BCUT2D eigenvalue weighted by Crippen LogP contribution is 2.25. The summed E-state index contributed by atoms with van der Waals surface area (Å²) in [6, 6.07) is 7.66. The minimum atomic E-state index is -0.155. The lowest BCUT2D eigenvalue weighted by Crippen LogP contribution is -2.27. The van der Waals surface area contributed by atoms with Crippen LogP contribution in [0, 0.1) is 6.92 Å². The summed E-state index contributed by atoms with van der Waals surface area (Å²) in [5.74, 6) is 0.666. The Morgan fingerprint density at radius 3 is 2.86 bits per heavy atom. The second-order valence-electron chi connectivity index (χ2n) is 4.83. The van der Waals surface area contributed by atoms with Gasteiger partial charge in [0.2, 0.25) is 0 Å². The fourth-order valence-corrected chi connectivity index (χ4v) is 2.59. The second-order valence-corrected chi connectivity index (χ2v) is 5.90. The number of hydrogen-bond acceptors (Lipinski definition) is 4. The molecule has 0 aliphatic heterocycles. The molecular formula is C16H20N2O2S. The summed E-state index contributed by atoms with van der Waals surface area (Å²) in [6.45, 7) is 6.57. The summed E-state index contributed by atoms with van der Waals surface area (Å²) >= 11 is 1.47. The Morgan fingerprint density at radius 1 is 1.43 bits per heavy atom. The highest BCUT2D eigenvalue weighted by molar-refractivity contribution is 7.09. The second kappa shape index (κ2) is 7.22. The van der Waals surface area contributed by atoms with Crippen LogP contribution in [0.4, 0.5) is 0 Å². The number of benzene rings is 1. The summed E-state index contributed by atoms with van der Waals surface area (Å²) in [4.78, 5) is 16.4. The van der Waals surface area contributed by atoms with E-state index in [0.29, 0.717) is 12.3 Å². The standard InChI is InChI=1S/C16H20N2O2S/c1-4-9-20-15-8-6-5-7-13(15)11(2)17-16(19)14-10-21-12(3)18-14/h5-8,10-11H,4,9H2,1-3H3,(H,17,19)/t11-/m1/s1. The quantitative estimate of drug-likeness (QED) is 0.884. The number of thiazole rings is 1. The number of carbonyl (C=O) groups excluding carboxylic acids is 1. The van der Waals surface area contributed by atoms with Crippen LogP contribution in [0.1, 0.15) is 47.4 Å². The molecule has 0 saturated carbocycles. The average Bonchev–Trinajstić information content (AvgIpc) is 2.92. The van der Waals surface area contributed by atoms with Crippen LogP contribution in [0.5, 0.6) is 5.75 Å². The van der Waals surface area contributed by atoms with Crippen molar-refractivity contribution in [2.45, 2.75) is 33.2 Å². The van der Waals surface area contributed by atoms with Crippen molar-refractivity contribution in [2.75, 3.05) is 6.61 Å². The average molecular weight is 304 g/mol. The van der Waals surface area contributed by atoms with Gasteiger partial charge in [0.1, 0.15) is 11.4 Å². The Balaban J connectivity index is 2.09. The molecule has 2 rings (SSSR count). The molecule has 0 saturated heterocycles. The number of hydrogen-bond donors (Lipinski definition) is 1. The number of carbonyl (C=O) groups is 1. The number of aromatic nitrogens is 1. The summed E-state index contributed by atoms with van der Waals surface area (Å²) in [7, 11) is 0. The number of aryl methyl sites for hydroxylation is 1. The molecule has 0 fully saturated rings. The Labute approximate surface area is 129 Å². The molecule has 1 aromatic heterocycles. The van der Waals surface area contributed by atoms with Crippen LogP contribution in [0.2, 0.25) is 0 Å². The zero-order valence-electron chi connectivity index (χ0n) is 12.6. The Bertz CT molecular complexity index is 610. The van der Waals surface area contributed by atoms with Crippen molar-refractivity contribution in [3.05, 3.63) is 45.9 Å². The first-order valence-electron chi connectivity index (χ1n) is 7.06. The molecule has 112 valence electrons. The summed E-state index contributed by atoms with van der Waals surface area (Å²) in [5, 5.41) is 5.63. The largest absolute Gasteiger partial charge is 0.493 e. The molecule has 0 aliphatic rings. The van der Waals surface area contributed by atoms with Gasteiger partial charge in [-0.15, -0.1) is 11.3 Å². The summed E-state index contributed by atoms with van der Waals surface area (Å²) < 4.78 is 5.73. The van der Waals surface area contributed by atoms with E-state index < -0.39 is 0 Å². The maximum Gasteiger partial charge on any atom is 0.271 e. The van der Waals surface area contributed by atoms with E-state index in [4.69, 9.17) is 4.74 Å². The molecule has 0 bridgehead atoms. The lowest BCUT2D eigenvalue weighted by molar-refractivity contribution is 0.0935. The number of rotatable bonds is 6. The number of ether oxygens (including phenoxy) is 1. The van der Waals surface area contributed by atoms with Gasteiger partial charge in [0.05, 0.1) is 17.7 Å². The lowest BCUT2D eigenvalue weighted by Gasteiger charge is -2.17. The van der Waals surface area contributed by atoms with Crippen LogP contribution < -0.4 is 10.1 Å². The number of amides is 1. The van der Waals surface area contributed by atoms with Crippen LogP contribution >= 0.6 is 11.3 Å². The van der Waals surface area contributed by atoms with E-state index in [9.17, 15) is 4.79 Å². The van der Waals surface area contributed by atoms with Crippen molar-refractivity contribution in [2.24, 2.45) is 0 Å². The van der Waals surface area contributed by atoms with Gasteiger partial charge in [-0.3, -0.25) is 4.79 Å². The molecule has 0 spiro atoms. The molecule has 0 unspecified atom stereocenters. The Morgan fingerprint density at radius 2 is 2.19 bits per heavy atom. The third-order valence-corrected chi connectivity index (χ3v) is 3.82. The fourth-order valence-electron chi connectivity index (χ4n) is 2.00. The topological polar surface area (TPSA) is 51.2 Å². The first kappa shape index (κ1) is 15.5. The van der Waals surface area contributed by atoms with Crippen LogP contribution in [0.15, 0.2) is 29.6 Å². The molecular weight excluding hydrogens is 284 g/mol. The van der Waals surface area contributed by atoms with E-state index in [0.717, 1.165) is 22.7 Å². The molecule has 5 heteroatoms. The maximum atomic E-state index is 12.2. The Kier molecular flexibility index (Phi) is 5.33. The van der Waals surface area contributed by atoms with Gasteiger partial charge in [0.25, 0.3) is 5.91 Å². The lowest BCUT2D eigenvalue weighted by atomic mass is 10.1. The van der Waals surface area contributed by atoms with E-state index in [1.54, 1.807) is 5.38 Å². The highest BCUT2D eigenvalue weighted by atomic mass is 32.1. The van der Waals surface area contributed by atoms with Crippen molar-refractivity contribution in [3.63, 3.8) is 0 Å². The van der Waals surface area contributed by atoms with Gasteiger partial charge < -0.3 is 10.1 Å². The van der Waals surface area contributed by atoms with Crippen LogP contribution in [0.3, 0.4) is 0 Å². The van der Waals surface area contributed by atoms with Gasteiger partial charge in [-0.25, -0.2) is 4.98 Å². The smallest absolute Gasteiger partial charge is 0.271 e. The molecule has 1 aromatic carbocycles. The first-order chi connectivity index (χ1) is 10.1. The predicted molar refractivity (Wildman–Crippen MR) is 85.0 cm³/mol. The first-order valence-corrected chi connectivity index (χ1v) is 7.94. The summed E-state index contributed by atoms with van der Waals surface area (Å²) in [6.07, 6.45) is 0.952. The fraction of sp³-hybridized carbons (Fsp3) is 0.375. The number of nitrogens with zero attached hydrogens (tertiary/aromatic N) is 1. The highest BCUT2D eigenvalue weighted by Gasteiger charge is 2.16. The van der Waals surface area contributed by atoms with Crippen molar-refractivity contribution in [1.29, 1.82) is 0 Å². The minimum absolute atomic E-state index is 0.132. The molecule has 1 atom stereocenters. The molecule has 0 radical (unpaired) electrons. The van der Waals surface area contributed by atoms with Crippen molar-refractivity contribution in [1.82, 2.24) is 10.3 Å². The van der Waals surface area contributed by atoms with Gasteiger partial charge >= 0.3 is 0 Å². The van der Waals surface area contributed by atoms with Crippen molar-refractivity contribution < 1.29 is 9.53 Å². The third-order valence-electron chi connectivity index (χ3n) is 3.05. The van der Waals surface area contributed by atoms with E-state index in [1.165, 1.54) is 11.3 Å². The van der Waals surface area contributed by atoms with Gasteiger partial charge in [-0.05, 0) is 26.3 Å².